The maximum atomic E-state index is 9.48. The summed E-state index contributed by atoms with van der Waals surface area (Å²) in [5, 5.41) is 28.2. The Morgan fingerprint density at radius 3 is 2.69 bits per heavy atom. The highest BCUT2D eigenvalue weighted by Gasteiger charge is 2.20. The van der Waals surface area contributed by atoms with E-state index < -0.39 is 12.2 Å². The van der Waals surface area contributed by atoms with Crippen LogP contribution >= 0.6 is 27.3 Å². The average molecular weight is 268 g/mol. The fourth-order valence-electron chi connectivity index (χ4n) is 0.781. The standard InChI is InChI=1S/C7H10BrNO3S/c8-1-5(11)6(12)7-9-2-4(3-10)13-7/h2,5-6,10-12H,1,3H2. The molecule has 0 amide bonds. The highest BCUT2D eigenvalue weighted by Crippen LogP contribution is 2.23. The van der Waals surface area contributed by atoms with Crippen molar-refractivity contribution in [3.8, 4) is 0 Å². The number of aliphatic hydroxyl groups excluding tert-OH is 3. The van der Waals surface area contributed by atoms with E-state index in [2.05, 4.69) is 20.9 Å². The van der Waals surface area contributed by atoms with Crippen LogP contribution in [0.25, 0.3) is 0 Å². The molecule has 4 nitrogen and oxygen atoms in total. The number of hydrogen-bond acceptors (Lipinski definition) is 5. The quantitative estimate of drug-likeness (QED) is 0.692. The summed E-state index contributed by atoms with van der Waals surface area (Å²) in [4.78, 5) is 4.56. The van der Waals surface area contributed by atoms with Crippen molar-refractivity contribution >= 4 is 27.3 Å². The van der Waals surface area contributed by atoms with Crippen molar-refractivity contribution in [3.63, 3.8) is 0 Å². The van der Waals surface area contributed by atoms with Crippen LogP contribution in [0.4, 0.5) is 0 Å². The third kappa shape index (κ3) is 2.72. The zero-order valence-electron chi connectivity index (χ0n) is 6.72. The molecular formula is C7H10BrNO3S. The van der Waals surface area contributed by atoms with E-state index in [4.69, 9.17) is 5.11 Å². The predicted molar refractivity (Wildman–Crippen MR) is 52.8 cm³/mol. The largest absolute Gasteiger partial charge is 0.391 e. The van der Waals surface area contributed by atoms with Gasteiger partial charge in [0.05, 0.1) is 17.6 Å². The molecule has 2 atom stereocenters. The fraction of sp³-hybridized carbons (Fsp3) is 0.571. The number of halogens is 1. The van der Waals surface area contributed by atoms with Gasteiger partial charge >= 0.3 is 0 Å². The van der Waals surface area contributed by atoms with E-state index in [1.807, 2.05) is 0 Å². The summed E-state index contributed by atoms with van der Waals surface area (Å²) in [5.74, 6) is 0. The number of alkyl halides is 1. The lowest BCUT2D eigenvalue weighted by molar-refractivity contribution is 0.0341. The first-order valence-corrected chi connectivity index (χ1v) is 5.60. The summed E-state index contributed by atoms with van der Waals surface area (Å²) in [6.45, 7) is -0.0885. The second kappa shape index (κ2) is 5.02. The summed E-state index contributed by atoms with van der Waals surface area (Å²) >= 11 is 4.25. The van der Waals surface area contributed by atoms with Crippen molar-refractivity contribution in [3.05, 3.63) is 16.1 Å². The van der Waals surface area contributed by atoms with E-state index >= 15 is 0 Å². The molecule has 13 heavy (non-hydrogen) atoms. The van der Waals surface area contributed by atoms with Gasteiger partial charge in [0, 0.05) is 11.5 Å². The topological polar surface area (TPSA) is 73.6 Å². The van der Waals surface area contributed by atoms with Gasteiger partial charge in [0.25, 0.3) is 0 Å². The lowest BCUT2D eigenvalue weighted by Crippen LogP contribution is -2.19. The molecule has 0 spiro atoms. The maximum absolute atomic E-state index is 9.48. The molecule has 0 saturated heterocycles. The van der Waals surface area contributed by atoms with E-state index in [0.717, 1.165) is 0 Å². The minimum absolute atomic E-state index is 0.0885. The first-order valence-electron chi connectivity index (χ1n) is 3.66. The van der Waals surface area contributed by atoms with Gasteiger partial charge in [-0.15, -0.1) is 11.3 Å². The molecular weight excluding hydrogens is 258 g/mol. The Bertz CT molecular complexity index is 268. The molecule has 1 heterocycles. The smallest absolute Gasteiger partial charge is 0.132 e. The van der Waals surface area contributed by atoms with E-state index in [1.54, 1.807) is 0 Å². The molecule has 0 aliphatic carbocycles. The molecule has 3 N–H and O–H groups in total. The van der Waals surface area contributed by atoms with Gasteiger partial charge in [0.2, 0.25) is 0 Å². The normalized spacial score (nSPS) is 15.7. The van der Waals surface area contributed by atoms with Crippen LogP contribution in [-0.2, 0) is 6.61 Å². The summed E-state index contributed by atoms with van der Waals surface area (Å²) in [5.41, 5.74) is 0. The molecule has 0 saturated carbocycles. The fourth-order valence-corrected chi connectivity index (χ4v) is 1.96. The molecule has 1 aromatic heterocycles. The van der Waals surface area contributed by atoms with E-state index in [9.17, 15) is 10.2 Å². The SMILES string of the molecule is OCc1cnc(C(O)C(O)CBr)s1. The highest BCUT2D eigenvalue weighted by atomic mass is 79.9. The Morgan fingerprint density at radius 2 is 2.23 bits per heavy atom. The second-order valence-corrected chi connectivity index (χ2v) is 4.28. The van der Waals surface area contributed by atoms with Gasteiger partial charge in [-0.2, -0.15) is 0 Å². The Morgan fingerprint density at radius 1 is 1.54 bits per heavy atom. The first-order chi connectivity index (χ1) is 6.19. The minimum Gasteiger partial charge on any atom is -0.391 e. The summed E-state index contributed by atoms with van der Waals surface area (Å²) < 4.78 is 0. The molecule has 0 aliphatic rings. The van der Waals surface area contributed by atoms with Gasteiger partial charge in [-0.1, -0.05) is 15.9 Å². The molecule has 1 rings (SSSR count). The van der Waals surface area contributed by atoms with Crippen molar-refractivity contribution < 1.29 is 15.3 Å². The van der Waals surface area contributed by atoms with Crippen LogP contribution in [0.5, 0.6) is 0 Å². The third-order valence-corrected chi connectivity index (χ3v) is 3.22. The number of rotatable bonds is 4. The zero-order chi connectivity index (χ0) is 9.84. The minimum atomic E-state index is -0.982. The molecule has 0 aromatic carbocycles. The Kier molecular flexibility index (Phi) is 4.27. The number of aliphatic hydroxyl groups is 3. The number of nitrogens with zero attached hydrogens (tertiary/aromatic N) is 1. The summed E-state index contributed by atoms with van der Waals surface area (Å²) in [6, 6.07) is 0. The van der Waals surface area contributed by atoms with E-state index in [0.29, 0.717) is 15.2 Å². The van der Waals surface area contributed by atoms with Crippen molar-refractivity contribution in [2.75, 3.05) is 5.33 Å². The Hall–Kier alpha value is -0.0100. The third-order valence-electron chi connectivity index (χ3n) is 1.50. The van der Waals surface area contributed by atoms with Gasteiger partial charge < -0.3 is 15.3 Å². The van der Waals surface area contributed by atoms with Crippen LogP contribution in [0, 0.1) is 0 Å². The second-order valence-electron chi connectivity index (χ2n) is 2.49. The summed E-state index contributed by atoms with van der Waals surface area (Å²) in [7, 11) is 0. The average Bonchev–Trinajstić information content (AvgIpc) is 2.63. The van der Waals surface area contributed by atoms with Gasteiger partial charge in [0.1, 0.15) is 11.1 Å². The van der Waals surface area contributed by atoms with Gasteiger partial charge in [-0.3, -0.25) is 0 Å². The van der Waals surface area contributed by atoms with Gasteiger partial charge in [-0.25, -0.2) is 4.98 Å². The van der Waals surface area contributed by atoms with Crippen molar-refractivity contribution in [1.82, 2.24) is 4.98 Å². The van der Waals surface area contributed by atoms with E-state index in [-0.39, 0.29) is 6.61 Å². The van der Waals surface area contributed by atoms with Crippen LogP contribution in [-0.4, -0.2) is 31.7 Å². The monoisotopic (exact) mass is 267 g/mol. The molecule has 0 fully saturated rings. The molecule has 74 valence electrons. The number of aromatic nitrogens is 1. The van der Waals surface area contributed by atoms with Crippen LogP contribution in [0.15, 0.2) is 6.20 Å². The predicted octanol–water partition coefficient (Wildman–Crippen LogP) is 0.425. The van der Waals surface area contributed by atoms with Gasteiger partial charge in [-0.05, 0) is 0 Å². The van der Waals surface area contributed by atoms with Crippen molar-refractivity contribution in [2.45, 2.75) is 18.8 Å². The molecule has 1 aromatic rings. The Balaban J connectivity index is 2.70. The van der Waals surface area contributed by atoms with Gasteiger partial charge in [0.15, 0.2) is 0 Å². The Labute approximate surface area is 88.0 Å². The molecule has 0 radical (unpaired) electrons. The van der Waals surface area contributed by atoms with Crippen molar-refractivity contribution in [2.24, 2.45) is 0 Å². The molecule has 6 heteroatoms. The maximum Gasteiger partial charge on any atom is 0.132 e. The number of hydrogen-bond donors (Lipinski definition) is 3. The van der Waals surface area contributed by atoms with Crippen molar-refractivity contribution in [1.29, 1.82) is 0 Å². The van der Waals surface area contributed by atoms with Crippen LogP contribution < -0.4 is 0 Å². The zero-order valence-corrected chi connectivity index (χ0v) is 9.12. The lowest BCUT2D eigenvalue weighted by Gasteiger charge is -2.11. The number of thiazole rings is 1. The van der Waals surface area contributed by atoms with Crippen LogP contribution in [0.1, 0.15) is 16.0 Å². The van der Waals surface area contributed by atoms with Crippen LogP contribution in [0.2, 0.25) is 0 Å². The first kappa shape index (κ1) is 11.1. The highest BCUT2D eigenvalue weighted by molar-refractivity contribution is 9.09. The molecule has 0 aliphatic heterocycles. The molecule has 2 unspecified atom stereocenters. The van der Waals surface area contributed by atoms with Crippen LogP contribution in [0.3, 0.4) is 0 Å². The lowest BCUT2D eigenvalue weighted by atomic mass is 10.2. The molecule has 0 bridgehead atoms. The van der Waals surface area contributed by atoms with E-state index in [1.165, 1.54) is 17.5 Å². The summed E-state index contributed by atoms with van der Waals surface area (Å²) in [6.07, 6.45) is -0.355.